The molecule has 1 aliphatic rings. The highest BCUT2D eigenvalue weighted by Gasteiger charge is 2.19. The Bertz CT molecular complexity index is 114. The lowest BCUT2D eigenvalue weighted by Crippen LogP contribution is -2.24. The van der Waals surface area contributed by atoms with Crippen LogP contribution in [0.2, 0.25) is 0 Å². The summed E-state index contributed by atoms with van der Waals surface area (Å²) >= 11 is 0. The van der Waals surface area contributed by atoms with Crippen LogP contribution in [0.5, 0.6) is 0 Å². The van der Waals surface area contributed by atoms with Crippen LogP contribution < -0.4 is 0 Å². The molecule has 1 heterocycles. The number of nitrogens with zero attached hydrogens (tertiary/aromatic N) is 1. The highest BCUT2D eigenvalue weighted by molar-refractivity contribution is 4.74. The Hall–Kier alpha value is -0.0800. The number of hydrogen-bond acceptors (Lipinski definition) is 2. The lowest BCUT2D eigenvalue weighted by molar-refractivity contribution is 0.174. The quantitative estimate of drug-likeness (QED) is 0.663. The number of aliphatic hydroxyl groups is 1. The molecule has 1 rings (SSSR count). The third kappa shape index (κ3) is 3.21. The summed E-state index contributed by atoms with van der Waals surface area (Å²) < 4.78 is 0. The average molecular weight is 157 g/mol. The van der Waals surface area contributed by atoms with Gasteiger partial charge >= 0.3 is 0 Å². The summed E-state index contributed by atoms with van der Waals surface area (Å²) in [5.74, 6) is 0.785. The zero-order chi connectivity index (χ0) is 8.27. The van der Waals surface area contributed by atoms with Crippen molar-refractivity contribution >= 4 is 0 Å². The van der Waals surface area contributed by atoms with E-state index < -0.39 is 0 Å². The molecule has 1 unspecified atom stereocenters. The maximum absolute atomic E-state index is 9.22. The lowest BCUT2D eigenvalue weighted by Gasteiger charge is -2.15. The second kappa shape index (κ2) is 4.07. The molecule has 0 bridgehead atoms. The topological polar surface area (TPSA) is 23.5 Å². The van der Waals surface area contributed by atoms with Crippen molar-refractivity contribution in [3.8, 4) is 0 Å². The largest absolute Gasteiger partial charge is 0.392 e. The number of hydrogen-bond donors (Lipinski definition) is 1. The van der Waals surface area contributed by atoms with Crippen LogP contribution in [0.1, 0.15) is 26.7 Å². The molecule has 1 aliphatic heterocycles. The Balaban J connectivity index is 2.08. The molecule has 0 aromatic heterocycles. The molecule has 0 aromatic rings. The average Bonchev–Trinajstić information content (AvgIpc) is 2.31. The van der Waals surface area contributed by atoms with Crippen LogP contribution in [0.25, 0.3) is 0 Å². The third-order valence-electron chi connectivity index (χ3n) is 2.27. The fraction of sp³-hybridized carbons (Fsp3) is 1.00. The van der Waals surface area contributed by atoms with E-state index in [0.717, 1.165) is 32.0 Å². The number of likely N-dealkylation sites (tertiary alicyclic amines) is 1. The molecule has 1 fully saturated rings. The van der Waals surface area contributed by atoms with E-state index in [0.29, 0.717) is 0 Å². The van der Waals surface area contributed by atoms with Crippen molar-refractivity contribution in [2.75, 3.05) is 19.6 Å². The first-order valence-electron chi connectivity index (χ1n) is 4.59. The van der Waals surface area contributed by atoms with Gasteiger partial charge in [-0.25, -0.2) is 0 Å². The Morgan fingerprint density at radius 1 is 1.55 bits per heavy atom. The number of β-amino-alcohol motifs (C(OH)–C–C–N with tert-alkyl or cyclic N) is 1. The molecule has 0 aliphatic carbocycles. The maximum Gasteiger partial charge on any atom is 0.0679 e. The van der Waals surface area contributed by atoms with Gasteiger partial charge in [0.15, 0.2) is 0 Å². The van der Waals surface area contributed by atoms with Crippen LogP contribution >= 0.6 is 0 Å². The fourth-order valence-corrected chi connectivity index (χ4v) is 1.46. The fourth-order valence-electron chi connectivity index (χ4n) is 1.46. The summed E-state index contributed by atoms with van der Waals surface area (Å²) in [6.45, 7) is 7.63. The highest BCUT2D eigenvalue weighted by Crippen LogP contribution is 2.10. The molecule has 1 saturated heterocycles. The Morgan fingerprint density at radius 2 is 2.27 bits per heavy atom. The molecule has 0 amide bonds. The van der Waals surface area contributed by atoms with Crippen molar-refractivity contribution < 1.29 is 5.11 Å². The first kappa shape index (κ1) is 9.01. The monoisotopic (exact) mass is 157 g/mol. The summed E-state index contributed by atoms with van der Waals surface area (Å²) in [5, 5.41) is 9.22. The molecule has 1 atom stereocenters. The maximum atomic E-state index is 9.22. The summed E-state index contributed by atoms with van der Waals surface area (Å²) in [6.07, 6.45) is 2.17. The predicted molar refractivity (Wildman–Crippen MR) is 46.5 cm³/mol. The SMILES string of the molecule is CC(C)CCN1CCC(O)C1. The van der Waals surface area contributed by atoms with Gasteiger partial charge in [-0.05, 0) is 25.3 Å². The van der Waals surface area contributed by atoms with Crippen LogP contribution in [-0.4, -0.2) is 35.7 Å². The van der Waals surface area contributed by atoms with Crippen molar-refractivity contribution in [2.24, 2.45) is 5.92 Å². The van der Waals surface area contributed by atoms with E-state index in [1.165, 1.54) is 6.42 Å². The second-order valence-corrected chi connectivity index (χ2v) is 3.93. The second-order valence-electron chi connectivity index (χ2n) is 3.93. The van der Waals surface area contributed by atoms with Gasteiger partial charge in [0, 0.05) is 13.1 Å². The van der Waals surface area contributed by atoms with Crippen molar-refractivity contribution in [3.05, 3.63) is 0 Å². The molecule has 11 heavy (non-hydrogen) atoms. The standard InChI is InChI=1S/C9H19NO/c1-8(2)3-5-10-6-4-9(11)7-10/h8-9,11H,3-7H2,1-2H3. The van der Waals surface area contributed by atoms with Crippen LogP contribution in [-0.2, 0) is 0 Å². The van der Waals surface area contributed by atoms with Gasteiger partial charge in [-0.1, -0.05) is 13.8 Å². The zero-order valence-electron chi connectivity index (χ0n) is 7.58. The van der Waals surface area contributed by atoms with Crippen LogP contribution in [0.4, 0.5) is 0 Å². The van der Waals surface area contributed by atoms with Crippen molar-refractivity contribution in [1.82, 2.24) is 4.90 Å². The normalized spacial score (nSPS) is 26.7. The third-order valence-corrected chi connectivity index (χ3v) is 2.27. The van der Waals surface area contributed by atoms with Gasteiger partial charge < -0.3 is 10.0 Å². The molecule has 1 N–H and O–H groups in total. The molecular formula is C9H19NO. The van der Waals surface area contributed by atoms with E-state index >= 15 is 0 Å². The first-order chi connectivity index (χ1) is 5.18. The number of aliphatic hydroxyl groups excluding tert-OH is 1. The zero-order valence-corrected chi connectivity index (χ0v) is 7.58. The molecule has 0 radical (unpaired) electrons. The lowest BCUT2D eigenvalue weighted by atomic mass is 10.1. The minimum absolute atomic E-state index is 0.0536. The van der Waals surface area contributed by atoms with E-state index in [1.54, 1.807) is 0 Å². The minimum atomic E-state index is -0.0536. The molecule has 0 saturated carbocycles. The molecule has 2 heteroatoms. The Morgan fingerprint density at radius 3 is 2.73 bits per heavy atom. The van der Waals surface area contributed by atoms with Crippen molar-refractivity contribution in [2.45, 2.75) is 32.8 Å². The first-order valence-corrected chi connectivity index (χ1v) is 4.59. The Labute approximate surface area is 69.2 Å². The van der Waals surface area contributed by atoms with Gasteiger partial charge in [0.1, 0.15) is 0 Å². The minimum Gasteiger partial charge on any atom is -0.392 e. The van der Waals surface area contributed by atoms with E-state index in [2.05, 4.69) is 18.7 Å². The summed E-state index contributed by atoms with van der Waals surface area (Å²) in [4.78, 5) is 2.35. The Kier molecular flexibility index (Phi) is 3.34. The van der Waals surface area contributed by atoms with Crippen LogP contribution in [0.3, 0.4) is 0 Å². The number of rotatable bonds is 3. The van der Waals surface area contributed by atoms with E-state index in [4.69, 9.17) is 0 Å². The van der Waals surface area contributed by atoms with Crippen LogP contribution in [0.15, 0.2) is 0 Å². The molecule has 0 aromatic carbocycles. The van der Waals surface area contributed by atoms with E-state index in [1.807, 2.05) is 0 Å². The van der Waals surface area contributed by atoms with E-state index in [9.17, 15) is 5.11 Å². The highest BCUT2D eigenvalue weighted by atomic mass is 16.3. The summed E-state index contributed by atoms with van der Waals surface area (Å²) in [6, 6.07) is 0. The predicted octanol–water partition coefficient (Wildman–Crippen LogP) is 1.10. The van der Waals surface area contributed by atoms with Gasteiger partial charge in [0.25, 0.3) is 0 Å². The molecular weight excluding hydrogens is 138 g/mol. The van der Waals surface area contributed by atoms with Crippen molar-refractivity contribution in [3.63, 3.8) is 0 Å². The smallest absolute Gasteiger partial charge is 0.0679 e. The van der Waals surface area contributed by atoms with Crippen LogP contribution in [0, 0.1) is 5.92 Å². The van der Waals surface area contributed by atoms with Gasteiger partial charge in [-0.2, -0.15) is 0 Å². The van der Waals surface area contributed by atoms with Gasteiger partial charge in [0.2, 0.25) is 0 Å². The van der Waals surface area contributed by atoms with Gasteiger partial charge in [-0.15, -0.1) is 0 Å². The molecule has 66 valence electrons. The molecule has 0 spiro atoms. The van der Waals surface area contributed by atoms with E-state index in [-0.39, 0.29) is 6.10 Å². The summed E-state index contributed by atoms with van der Waals surface area (Å²) in [5.41, 5.74) is 0. The summed E-state index contributed by atoms with van der Waals surface area (Å²) in [7, 11) is 0. The van der Waals surface area contributed by atoms with Crippen molar-refractivity contribution in [1.29, 1.82) is 0 Å². The molecule has 2 nitrogen and oxygen atoms in total. The van der Waals surface area contributed by atoms with Gasteiger partial charge in [-0.3, -0.25) is 0 Å². The van der Waals surface area contributed by atoms with Gasteiger partial charge in [0.05, 0.1) is 6.10 Å².